The maximum absolute atomic E-state index is 6.42. The minimum atomic E-state index is -0.232. The van der Waals surface area contributed by atoms with Crippen LogP contribution in [0.2, 0.25) is 5.02 Å². The third-order valence-electron chi connectivity index (χ3n) is 5.29. The summed E-state index contributed by atoms with van der Waals surface area (Å²) >= 11 is 7.69. The molecule has 1 aliphatic heterocycles. The van der Waals surface area contributed by atoms with Gasteiger partial charge in [-0.15, -0.1) is 0 Å². The van der Waals surface area contributed by atoms with Gasteiger partial charge in [0.25, 0.3) is 5.89 Å². The molecular weight excluding hydrogens is 454 g/mol. The number of benzene rings is 3. The van der Waals surface area contributed by atoms with E-state index in [0.29, 0.717) is 22.3 Å². The first-order valence-corrected chi connectivity index (χ1v) is 11.6. The van der Waals surface area contributed by atoms with Gasteiger partial charge in [0.1, 0.15) is 5.76 Å². The number of hydrogen-bond acceptors (Lipinski definition) is 6. The van der Waals surface area contributed by atoms with Crippen molar-refractivity contribution in [2.45, 2.75) is 17.7 Å². The van der Waals surface area contributed by atoms with E-state index in [0.717, 1.165) is 26.7 Å². The Hall–Kier alpha value is -3.48. The molecule has 7 heteroatoms. The first-order valence-electron chi connectivity index (χ1n) is 10.4. The molecule has 0 fully saturated rings. The fraction of sp³-hybridized carbons (Fsp3) is 0.0769. The van der Waals surface area contributed by atoms with Gasteiger partial charge in [-0.2, -0.15) is 4.98 Å². The molecule has 0 saturated heterocycles. The van der Waals surface area contributed by atoms with Crippen LogP contribution in [0.25, 0.3) is 17.0 Å². The lowest BCUT2D eigenvalue weighted by molar-refractivity contribution is 0.289. The second-order valence-electron chi connectivity index (χ2n) is 7.49. The number of thioether (sulfide) groups is 1. The Bertz CT molecular complexity index is 1330. The van der Waals surface area contributed by atoms with Crippen molar-refractivity contribution in [1.82, 2.24) is 10.1 Å². The molecule has 5 nitrogen and oxygen atoms in total. The van der Waals surface area contributed by atoms with Crippen molar-refractivity contribution in [3.8, 4) is 11.4 Å². The van der Waals surface area contributed by atoms with Crippen LogP contribution in [0.1, 0.15) is 24.3 Å². The Morgan fingerprint density at radius 2 is 1.58 bits per heavy atom. The van der Waals surface area contributed by atoms with Crippen molar-refractivity contribution in [3.63, 3.8) is 0 Å². The Labute approximate surface area is 200 Å². The Morgan fingerprint density at radius 1 is 0.909 bits per heavy atom. The molecular formula is C26H20ClN3O2S. The summed E-state index contributed by atoms with van der Waals surface area (Å²) in [4.78, 5) is 6.69. The average molecular weight is 474 g/mol. The largest absolute Gasteiger partial charge is 0.445 e. The van der Waals surface area contributed by atoms with Gasteiger partial charge in [0.15, 0.2) is 5.88 Å². The Morgan fingerprint density at radius 3 is 2.27 bits per heavy atom. The van der Waals surface area contributed by atoms with E-state index in [1.807, 2.05) is 79.7 Å². The highest BCUT2D eigenvalue weighted by Gasteiger charge is 2.36. The lowest BCUT2D eigenvalue weighted by atomic mass is 9.88. The Balaban J connectivity index is 1.60. The molecule has 0 spiro atoms. The highest BCUT2D eigenvalue weighted by atomic mass is 35.5. The van der Waals surface area contributed by atoms with E-state index in [1.165, 1.54) is 0 Å². The SMILES string of the molecule is CC1=C(Sc2ccc(Cl)cc2)C(c2ccccc2)C(c2nc(-c3ccccc3)no2)=C(N)O1. The van der Waals surface area contributed by atoms with Crippen molar-refractivity contribution in [1.29, 1.82) is 0 Å². The molecule has 1 aromatic heterocycles. The first-order chi connectivity index (χ1) is 16.1. The minimum absolute atomic E-state index is 0.232. The number of nitrogens with zero attached hydrogens (tertiary/aromatic N) is 2. The predicted octanol–water partition coefficient (Wildman–Crippen LogP) is 6.86. The van der Waals surface area contributed by atoms with E-state index in [4.69, 9.17) is 26.6 Å². The standard InChI is InChI=1S/C26H20ClN3O2S/c1-16-23(33-20-14-12-19(27)13-15-20)21(17-8-4-2-5-9-17)22(24(28)31-16)26-29-25(30-32-26)18-10-6-3-7-11-18/h2-15,21H,28H2,1H3. The summed E-state index contributed by atoms with van der Waals surface area (Å²) in [7, 11) is 0. The molecule has 1 unspecified atom stereocenters. The number of rotatable bonds is 5. The predicted molar refractivity (Wildman–Crippen MR) is 131 cm³/mol. The van der Waals surface area contributed by atoms with Crippen LogP contribution in [0.3, 0.4) is 0 Å². The molecule has 1 atom stereocenters. The molecule has 33 heavy (non-hydrogen) atoms. The smallest absolute Gasteiger partial charge is 0.260 e. The highest BCUT2D eigenvalue weighted by molar-refractivity contribution is 8.03. The summed E-state index contributed by atoms with van der Waals surface area (Å²) in [6.45, 7) is 1.92. The van der Waals surface area contributed by atoms with Crippen LogP contribution in [0.5, 0.6) is 0 Å². The van der Waals surface area contributed by atoms with Gasteiger partial charge in [0.05, 0.1) is 11.5 Å². The van der Waals surface area contributed by atoms with Crippen LogP contribution in [-0.4, -0.2) is 10.1 Å². The van der Waals surface area contributed by atoms with Crippen molar-refractivity contribution in [2.75, 3.05) is 0 Å². The number of ether oxygens (including phenoxy) is 1. The fourth-order valence-corrected chi connectivity index (χ4v) is 4.95. The highest BCUT2D eigenvalue weighted by Crippen LogP contribution is 2.50. The third kappa shape index (κ3) is 4.40. The number of aromatic nitrogens is 2. The molecule has 0 radical (unpaired) electrons. The molecule has 3 aromatic carbocycles. The first kappa shape index (κ1) is 21.4. The summed E-state index contributed by atoms with van der Waals surface area (Å²) in [5, 5.41) is 4.88. The summed E-state index contributed by atoms with van der Waals surface area (Å²) in [6, 6.07) is 27.5. The van der Waals surface area contributed by atoms with Crippen molar-refractivity contribution in [2.24, 2.45) is 5.73 Å². The van der Waals surface area contributed by atoms with Gasteiger partial charge in [-0.3, -0.25) is 0 Å². The zero-order chi connectivity index (χ0) is 22.8. The van der Waals surface area contributed by atoms with Crippen LogP contribution >= 0.6 is 23.4 Å². The van der Waals surface area contributed by atoms with Gasteiger partial charge < -0.3 is 15.0 Å². The Kier molecular flexibility index (Phi) is 5.94. The van der Waals surface area contributed by atoms with Gasteiger partial charge >= 0.3 is 0 Å². The van der Waals surface area contributed by atoms with Gasteiger partial charge in [0, 0.05) is 20.4 Å². The van der Waals surface area contributed by atoms with E-state index in [1.54, 1.807) is 11.8 Å². The zero-order valence-corrected chi connectivity index (χ0v) is 19.3. The third-order valence-corrected chi connectivity index (χ3v) is 6.79. The maximum Gasteiger partial charge on any atom is 0.260 e. The van der Waals surface area contributed by atoms with Gasteiger partial charge in [0.2, 0.25) is 5.82 Å². The fourth-order valence-electron chi connectivity index (χ4n) is 3.74. The van der Waals surface area contributed by atoms with Gasteiger partial charge in [-0.05, 0) is 36.8 Å². The van der Waals surface area contributed by atoms with Crippen LogP contribution in [0.15, 0.2) is 111 Å². The average Bonchev–Trinajstić information content (AvgIpc) is 3.33. The second kappa shape index (κ2) is 9.17. The summed E-state index contributed by atoms with van der Waals surface area (Å²) < 4.78 is 11.7. The molecule has 1 aliphatic rings. The van der Waals surface area contributed by atoms with E-state index in [2.05, 4.69) is 22.3 Å². The molecule has 0 aliphatic carbocycles. The lowest BCUT2D eigenvalue weighted by Gasteiger charge is -2.29. The van der Waals surface area contributed by atoms with E-state index in [9.17, 15) is 0 Å². The van der Waals surface area contributed by atoms with Crippen LogP contribution < -0.4 is 5.73 Å². The number of allylic oxidation sites excluding steroid dienone is 3. The molecule has 2 heterocycles. The molecule has 0 amide bonds. The number of halogens is 1. The number of hydrogen-bond donors (Lipinski definition) is 1. The maximum atomic E-state index is 6.42. The van der Waals surface area contributed by atoms with Crippen molar-refractivity contribution in [3.05, 3.63) is 118 Å². The van der Waals surface area contributed by atoms with Crippen LogP contribution in [0.4, 0.5) is 0 Å². The minimum Gasteiger partial charge on any atom is -0.445 e. The molecule has 164 valence electrons. The summed E-state index contributed by atoms with van der Waals surface area (Å²) in [6.07, 6.45) is 0. The van der Waals surface area contributed by atoms with Gasteiger partial charge in [-0.25, -0.2) is 0 Å². The topological polar surface area (TPSA) is 74.2 Å². The van der Waals surface area contributed by atoms with Crippen LogP contribution in [-0.2, 0) is 4.74 Å². The van der Waals surface area contributed by atoms with Crippen molar-refractivity contribution >= 4 is 28.9 Å². The van der Waals surface area contributed by atoms with Crippen molar-refractivity contribution < 1.29 is 9.26 Å². The molecule has 0 saturated carbocycles. The quantitative estimate of drug-likeness (QED) is 0.341. The molecule has 0 bridgehead atoms. The summed E-state index contributed by atoms with van der Waals surface area (Å²) in [5.41, 5.74) is 8.99. The lowest BCUT2D eigenvalue weighted by Crippen LogP contribution is -2.19. The zero-order valence-electron chi connectivity index (χ0n) is 17.7. The van der Waals surface area contributed by atoms with Gasteiger partial charge in [-0.1, -0.05) is 89.2 Å². The van der Waals surface area contributed by atoms with E-state index in [-0.39, 0.29) is 11.8 Å². The normalized spacial score (nSPS) is 16.1. The summed E-state index contributed by atoms with van der Waals surface area (Å²) in [5.74, 6) is 1.58. The van der Waals surface area contributed by atoms with Crippen LogP contribution in [0, 0.1) is 0 Å². The van der Waals surface area contributed by atoms with E-state index < -0.39 is 0 Å². The monoisotopic (exact) mass is 473 g/mol. The molecule has 4 aromatic rings. The second-order valence-corrected chi connectivity index (χ2v) is 9.04. The van der Waals surface area contributed by atoms with E-state index >= 15 is 0 Å². The molecule has 2 N–H and O–H groups in total. The molecule has 5 rings (SSSR count). The number of nitrogens with two attached hydrogens (primary N) is 1.